The number of carbonyl (C=O) groups excluding carboxylic acids is 1. The first kappa shape index (κ1) is 17.4. The second-order valence-electron chi connectivity index (χ2n) is 6.43. The summed E-state index contributed by atoms with van der Waals surface area (Å²) in [6, 6.07) is 0.601. The molecule has 0 aromatic carbocycles. The third kappa shape index (κ3) is 4.19. The maximum atomic E-state index is 11.6. The highest BCUT2D eigenvalue weighted by Crippen LogP contribution is 2.36. The van der Waals surface area contributed by atoms with Crippen molar-refractivity contribution >= 4 is 5.91 Å². The van der Waals surface area contributed by atoms with Crippen molar-refractivity contribution < 1.29 is 4.79 Å². The first-order valence-electron chi connectivity index (χ1n) is 8.28. The van der Waals surface area contributed by atoms with E-state index in [1.165, 1.54) is 12.8 Å². The predicted octanol–water partition coefficient (Wildman–Crippen LogP) is 2.26. The van der Waals surface area contributed by atoms with E-state index >= 15 is 0 Å². The fourth-order valence-electron chi connectivity index (χ4n) is 3.32. The lowest BCUT2D eigenvalue weighted by Gasteiger charge is -2.33. The van der Waals surface area contributed by atoms with Crippen molar-refractivity contribution in [2.75, 3.05) is 13.1 Å². The molecule has 4 N–H and O–H groups in total. The van der Waals surface area contributed by atoms with Crippen LogP contribution in [-0.4, -0.2) is 35.5 Å². The second kappa shape index (κ2) is 7.99. The lowest BCUT2D eigenvalue weighted by atomic mass is 9.84. The van der Waals surface area contributed by atoms with Gasteiger partial charge in [0.05, 0.1) is 5.54 Å². The van der Waals surface area contributed by atoms with Crippen LogP contribution in [0.1, 0.15) is 65.7 Å². The first-order chi connectivity index (χ1) is 9.45. The lowest BCUT2D eigenvalue weighted by molar-refractivity contribution is -0.124. The van der Waals surface area contributed by atoms with Gasteiger partial charge in [0.2, 0.25) is 5.91 Å². The predicted molar refractivity (Wildman–Crippen MR) is 84.3 cm³/mol. The lowest BCUT2D eigenvalue weighted by Crippen LogP contribution is -2.55. The Morgan fingerprint density at radius 1 is 1.40 bits per heavy atom. The Balaban J connectivity index is 2.55. The van der Waals surface area contributed by atoms with E-state index in [0.29, 0.717) is 6.04 Å². The summed E-state index contributed by atoms with van der Waals surface area (Å²) in [5.74, 6) is -0.0585. The van der Waals surface area contributed by atoms with E-state index in [1.54, 1.807) is 0 Å². The molecule has 1 aliphatic carbocycles. The van der Waals surface area contributed by atoms with Crippen molar-refractivity contribution in [3.8, 4) is 0 Å². The highest BCUT2D eigenvalue weighted by atomic mass is 16.1. The van der Waals surface area contributed by atoms with Gasteiger partial charge >= 0.3 is 0 Å². The van der Waals surface area contributed by atoms with E-state index in [9.17, 15) is 4.79 Å². The summed E-state index contributed by atoms with van der Waals surface area (Å²) in [4.78, 5) is 14.2. The molecule has 4 nitrogen and oxygen atoms in total. The quantitative estimate of drug-likeness (QED) is 0.682. The van der Waals surface area contributed by atoms with Crippen LogP contribution in [0.4, 0.5) is 0 Å². The summed E-state index contributed by atoms with van der Waals surface area (Å²) < 4.78 is 0. The van der Waals surface area contributed by atoms with Gasteiger partial charge in [-0.05, 0) is 58.0 Å². The summed E-state index contributed by atoms with van der Waals surface area (Å²) >= 11 is 0. The molecule has 1 aliphatic rings. The number of primary amides is 1. The Kier molecular flexibility index (Phi) is 6.96. The van der Waals surface area contributed by atoms with Gasteiger partial charge in [-0.1, -0.05) is 26.7 Å². The van der Waals surface area contributed by atoms with E-state index < -0.39 is 5.54 Å². The molecule has 20 heavy (non-hydrogen) atoms. The summed E-state index contributed by atoms with van der Waals surface area (Å²) in [5.41, 5.74) is 11.0. The number of carbonyl (C=O) groups is 1. The minimum atomic E-state index is -0.758. The molecule has 0 aromatic rings. The molecule has 1 fully saturated rings. The average molecular weight is 283 g/mol. The Hall–Kier alpha value is -0.610. The van der Waals surface area contributed by atoms with Gasteiger partial charge in [-0.25, -0.2) is 0 Å². The average Bonchev–Trinajstić information content (AvgIpc) is 2.81. The SMILES string of the molecule is CCCCN(CCC1CCCC1(N)C(N)=O)C(C)CC. The van der Waals surface area contributed by atoms with Crippen LogP contribution in [0.15, 0.2) is 0 Å². The van der Waals surface area contributed by atoms with Crippen LogP contribution in [-0.2, 0) is 4.79 Å². The van der Waals surface area contributed by atoms with E-state index in [0.717, 1.165) is 45.2 Å². The second-order valence-corrected chi connectivity index (χ2v) is 6.43. The highest BCUT2D eigenvalue weighted by molar-refractivity contribution is 5.85. The summed E-state index contributed by atoms with van der Waals surface area (Å²) in [7, 11) is 0. The van der Waals surface area contributed by atoms with Crippen LogP contribution < -0.4 is 11.5 Å². The fourth-order valence-corrected chi connectivity index (χ4v) is 3.32. The van der Waals surface area contributed by atoms with Crippen molar-refractivity contribution in [1.82, 2.24) is 4.90 Å². The Labute approximate surface area is 124 Å². The molecule has 0 aliphatic heterocycles. The summed E-state index contributed by atoms with van der Waals surface area (Å²) in [5, 5.41) is 0. The van der Waals surface area contributed by atoms with Crippen LogP contribution in [0.5, 0.6) is 0 Å². The molecule has 0 saturated heterocycles. The number of nitrogens with two attached hydrogens (primary N) is 2. The number of unbranched alkanes of at least 4 members (excludes halogenated alkanes) is 1. The van der Waals surface area contributed by atoms with Gasteiger partial charge in [0.15, 0.2) is 0 Å². The highest BCUT2D eigenvalue weighted by Gasteiger charge is 2.44. The van der Waals surface area contributed by atoms with Gasteiger partial charge in [0.25, 0.3) is 0 Å². The third-order valence-corrected chi connectivity index (χ3v) is 5.11. The topological polar surface area (TPSA) is 72.3 Å². The van der Waals surface area contributed by atoms with Crippen LogP contribution in [0, 0.1) is 5.92 Å². The number of nitrogens with zero attached hydrogens (tertiary/aromatic N) is 1. The molecule has 3 atom stereocenters. The monoisotopic (exact) mass is 283 g/mol. The molecule has 1 amide bonds. The van der Waals surface area contributed by atoms with Crippen molar-refractivity contribution in [2.45, 2.75) is 77.3 Å². The van der Waals surface area contributed by atoms with Gasteiger partial charge in [-0.15, -0.1) is 0 Å². The molecular formula is C16H33N3O. The maximum absolute atomic E-state index is 11.6. The van der Waals surface area contributed by atoms with Crippen molar-refractivity contribution in [2.24, 2.45) is 17.4 Å². The number of hydrogen-bond donors (Lipinski definition) is 2. The van der Waals surface area contributed by atoms with E-state index in [4.69, 9.17) is 11.5 Å². The molecule has 0 bridgehead atoms. The molecule has 0 spiro atoms. The van der Waals surface area contributed by atoms with E-state index in [1.807, 2.05) is 0 Å². The normalized spacial score (nSPS) is 27.9. The number of hydrogen-bond acceptors (Lipinski definition) is 3. The number of amides is 1. The van der Waals surface area contributed by atoms with Gasteiger partial charge in [0.1, 0.15) is 0 Å². The zero-order chi connectivity index (χ0) is 15.2. The minimum Gasteiger partial charge on any atom is -0.368 e. The smallest absolute Gasteiger partial charge is 0.237 e. The minimum absolute atomic E-state index is 0.258. The van der Waals surface area contributed by atoms with Gasteiger partial charge in [-0.3, -0.25) is 4.79 Å². The Morgan fingerprint density at radius 3 is 2.65 bits per heavy atom. The maximum Gasteiger partial charge on any atom is 0.237 e. The Bertz CT molecular complexity index is 308. The number of rotatable bonds is 9. The molecule has 0 heterocycles. The van der Waals surface area contributed by atoms with Gasteiger partial charge in [-0.2, -0.15) is 0 Å². The Morgan fingerprint density at radius 2 is 2.10 bits per heavy atom. The molecule has 0 aromatic heterocycles. The molecule has 118 valence electrons. The van der Waals surface area contributed by atoms with Gasteiger partial charge in [0, 0.05) is 6.04 Å². The van der Waals surface area contributed by atoms with Crippen molar-refractivity contribution in [1.29, 1.82) is 0 Å². The fraction of sp³-hybridized carbons (Fsp3) is 0.938. The van der Waals surface area contributed by atoms with Crippen molar-refractivity contribution in [3.63, 3.8) is 0 Å². The summed E-state index contributed by atoms with van der Waals surface area (Å²) in [6.07, 6.45) is 7.44. The zero-order valence-electron chi connectivity index (χ0n) is 13.5. The van der Waals surface area contributed by atoms with E-state index in [-0.39, 0.29) is 11.8 Å². The van der Waals surface area contributed by atoms with Crippen LogP contribution >= 0.6 is 0 Å². The van der Waals surface area contributed by atoms with Crippen LogP contribution in [0.3, 0.4) is 0 Å². The zero-order valence-corrected chi connectivity index (χ0v) is 13.5. The molecule has 1 saturated carbocycles. The summed E-state index contributed by atoms with van der Waals surface area (Å²) in [6.45, 7) is 8.92. The third-order valence-electron chi connectivity index (χ3n) is 5.11. The molecule has 1 rings (SSSR count). The van der Waals surface area contributed by atoms with Gasteiger partial charge < -0.3 is 16.4 Å². The van der Waals surface area contributed by atoms with Crippen LogP contribution in [0.25, 0.3) is 0 Å². The largest absolute Gasteiger partial charge is 0.368 e. The standard InChI is InChI=1S/C16H33N3O/c1-4-6-11-19(13(3)5-2)12-9-14-8-7-10-16(14,18)15(17)20/h13-14H,4-12,18H2,1-3H3,(H2,17,20). The molecule has 3 unspecified atom stereocenters. The molecular weight excluding hydrogens is 250 g/mol. The van der Waals surface area contributed by atoms with Crippen LogP contribution in [0.2, 0.25) is 0 Å². The first-order valence-corrected chi connectivity index (χ1v) is 8.28. The molecule has 0 radical (unpaired) electrons. The molecule has 4 heteroatoms. The van der Waals surface area contributed by atoms with Crippen molar-refractivity contribution in [3.05, 3.63) is 0 Å². The van der Waals surface area contributed by atoms with E-state index in [2.05, 4.69) is 25.7 Å².